The van der Waals surface area contributed by atoms with E-state index in [0.29, 0.717) is 29.8 Å². The fourth-order valence-corrected chi connectivity index (χ4v) is 6.47. The van der Waals surface area contributed by atoms with Crippen LogP contribution in [0.3, 0.4) is 0 Å². The van der Waals surface area contributed by atoms with Crippen molar-refractivity contribution in [1.29, 1.82) is 5.26 Å². The number of hydrogen-bond acceptors (Lipinski definition) is 6. The topological polar surface area (TPSA) is 73.2 Å². The van der Waals surface area contributed by atoms with Crippen molar-refractivity contribution in [3.05, 3.63) is 35.4 Å². The van der Waals surface area contributed by atoms with E-state index in [2.05, 4.69) is 35.7 Å². The molecule has 3 atom stereocenters. The molecule has 0 saturated carbocycles. The number of carbonyl (C=O) groups excluding carboxylic acids is 2. The second-order valence-corrected chi connectivity index (χ2v) is 9.54. The van der Waals surface area contributed by atoms with E-state index in [1.807, 2.05) is 0 Å². The first kappa shape index (κ1) is 18.9. The summed E-state index contributed by atoms with van der Waals surface area (Å²) in [5.41, 5.74) is 2.82. The normalized spacial score (nSPS) is 27.5. The molecule has 3 aliphatic rings. The molecule has 142 valence electrons. The maximum absolute atomic E-state index is 12.9. The molecular weight excluding hydrogens is 378 g/mol. The molecule has 0 aromatic heterocycles. The highest BCUT2D eigenvalue weighted by molar-refractivity contribution is 8.01. The van der Waals surface area contributed by atoms with Gasteiger partial charge in [0.15, 0.2) is 0 Å². The van der Waals surface area contributed by atoms with E-state index in [1.165, 1.54) is 22.9 Å². The van der Waals surface area contributed by atoms with Crippen molar-refractivity contribution in [2.75, 3.05) is 17.5 Å². The van der Waals surface area contributed by atoms with E-state index in [-0.39, 0.29) is 23.0 Å². The average Bonchev–Trinajstić information content (AvgIpc) is 3.43. The highest BCUT2D eigenvalue weighted by Gasteiger charge is 2.42. The van der Waals surface area contributed by atoms with Gasteiger partial charge in [-0.2, -0.15) is 5.26 Å². The van der Waals surface area contributed by atoms with Crippen LogP contribution in [0, 0.1) is 17.2 Å². The van der Waals surface area contributed by atoms with E-state index in [4.69, 9.17) is 0 Å². The first-order valence-electron chi connectivity index (χ1n) is 9.39. The number of fused-ring (bicyclic) bond motifs is 1. The molecule has 27 heavy (non-hydrogen) atoms. The first-order chi connectivity index (χ1) is 13.2. The van der Waals surface area contributed by atoms with Gasteiger partial charge in [0.1, 0.15) is 17.9 Å². The van der Waals surface area contributed by atoms with Crippen LogP contribution in [0.4, 0.5) is 0 Å². The van der Waals surface area contributed by atoms with Crippen LogP contribution in [0.15, 0.2) is 24.3 Å². The van der Waals surface area contributed by atoms with Crippen molar-refractivity contribution in [1.82, 2.24) is 10.2 Å². The zero-order chi connectivity index (χ0) is 18.8. The molecule has 1 aromatic carbocycles. The minimum absolute atomic E-state index is 0.0943. The molecule has 5 nitrogen and oxygen atoms in total. The van der Waals surface area contributed by atoms with Crippen LogP contribution in [0.25, 0.3) is 0 Å². The monoisotopic (exact) mass is 401 g/mol. The molecule has 1 amide bonds. The summed E-state index contributed by atoms with van der Waals surface area (Å²) in [4.78, 5) is 27.4. The highest BCUT2D eigenvalue weighted by Crippen LogP contribution is 2.32. The van der Waals surface area contributed by atoms with Crippen molar-refractivity contribution < 1.29 is 9.59 Å². The number of ketones is 1. The zero-order valence-corrected chi connectivity index (χ0v) is 16.7. The van der Waals surface area contributed by atoms with Crippen molar-refractivity contribution in [3.8, 4) is 6.07 Å². The summed E-state index contributed by atoms with van der Waals surface area (Å²) in [7, 11) is 0. The molecule has 2 aliphatic heterocycles. The van der Waals surface area contributed by atoms with Crippen molar-refractivity contribution in [2.24, 2.45) is 5.92 Å². The van der Waals surface area contributed by atoms with Gasteiger partial charge in [-0.25, -0.2) is 0 Å². The van der Waals surface area contributed by atoms with Gasteiger partial charge >= 0.3 is 0 Å². The number of nitrogens with zero attached hydrogens (tertiary/aromatic N) is 2. The predicted octanol–water partition coefficient (Wildman–Crippen LogP) is 2.21. The van der Waals surface area contributed by atoms with Gasteiger partial charge in [0.25, 0.3) is 0 Å². The second-order valence-electron chi connectivity index (χ2n) is 7.41. The fourth-order valence-electron chi connectivity index (χ4n) is 4.21. The maximum Gasteiger partial charge on any atom is 0.243 e. The Hall–Kier alpha value is -1.49. The summed E-state index contributed by atoms with van der Waals surface area (Å²) in [6, 6.07) is 9.86. The third-order valence-corrected chi connectivity index (χ3v) is 7.94. The first-order valence-corrected chi connectivity index (χ1v) is 11.6. The van der Waals surface area contributed by atoms with Crippen LogP contribution >= 0.6 is 23.5 Å². The summed E-state index contributed by atoms with van der Waals surface area (Å²) in [5.74, 6) is 2.41. The molecule has 0 radical (unpaired) electrons. The summed E-state index contributed by atoms with van der Waals surface area (Å²) in [6.07, 6.45) is 3.51. The molecule has 2 saturated heterocycles. The van der Waals surface area contributed by atoms with Crippen LogP contribution in [-0.2, 0) is 22.4 Å². The molecule has 0 spiro atoms. The van der Waals surface area contributed by atoms with Gasteiger partial charge < -0.3 is 4.90 Å². The molecule has 1 aromatic rings. The Bertz CT molecular complexity index is 754. The van der Waals surface area contributed by atoms with E-state index < -0.39 is 6.04 Å². The van der Waals surface area contributed by atoms with E-state index in [0.717, 1.165) is 19.3 Å². The lowest BCUT2D eigenvalue weighted by Gasteiger charge is -2.25. The van der Waals surface area contributed by atoms with Gasteiger partial charge in [-0.15, -0.1) is 23.5 Å². The molecule has 2 fully saturated rings. The molecule has 1 N–H and O–H groups in total. The summed E-state index contributed by atoms with van der Waals surface area (Å²) < 4.78 is 0. The lowest BCUT2D eigenvalue weighted by molar-refractivity contribution is -0.134. The number of nitrogens with one attached hydrogen (secondary N) is 1. The average molecular weight is 402 g/mol. The fraction of sp³-hybridized carbons (Fsp3) is 0.550. The quantitative estimate of drug-likeness (QED) is 0.816. The summed E-state index contributed by atoms with van der Waals surface area (Å²) >= 11 is 3.12. The van der Waals surface area contributed by atoms with Gasteiger partial charge in [-0.3, -0.25) is 14.9 Å². The summed E-state index contributed by atoms with van der Waals surface area (Å²) in [6.45, 7) is 0. The zero-order valence-electron chi connectivity index (χ0n) is 15.1. The molecule has 2 heterocycles. The lowest BCUT2D eigenvalue weighted by atomic mass is 9.96. The van der Waals surface area contributed by atoms with Crippen LogP contribution in [0.5, 0.6) is 0 Å². The van der Waals surface area contributed by atoms with E-state index in [1.54, 1.807) is 16.7 Å². The number of carbonyl (C=O) groups is 2. The molecule has 0 bridgehead atoms. The largest absolute Gasteiger partial charge is 0.315 e. The van der Waals surface area contributed by atoms with Gasteiger partial charge in [-0.05, 0) is 36.3 Å². The predicted molar refractivity (Wildman–Crippen MR) is 108 cm³/mol. The number of amides is 1. The molecular formula is C20H23N3O2S2. The van der Waals surface area contributed by atoms with Crippen LogP contribution in [0.2, 0.25) is 0 Å². The number of Topliss-reactive ketones (excluding diaryl/α,β-unsaturated/α-hetero) is 1. The van der Waals surface area contributed by atoms with Crippen LogP contribution in [-0.4, -0.2) is 51.4 Å². The SMILES string of the molecule is N#C[C@@H]1CSCN1C(=O)[C@H]1NCSC1C(=O)CCC1Cc2ccccc2C1. The standard InChI is InChI=1S/C20H23N3O2S2/c21-9-16-10-26-12-23(16)20(25)18-19(27-11-22-18)17(24)6-5-13-7-14-3-1-2-4-15(14)8-13/h1-4,13,16,18-19,22H,5-8,10-12H2/t16-,18+,19?/m1/s1. The number of rotatable bonds is 5. The second kappa shape index (κ2) is 8.26. The van der Waals surface area contributed by atoms with Gasteiger partial charge in [0.2, 0.25) is 5.91 Å². The van der Waals surface area contributed by atoms with Crippen molar-refractivity contribution in [3.63, 3.8) is 0 Å². The number of nitriles is 1. The lowest BCUT2D eigenvalue weighted by Crippen LogP contribution is -2.51. The Morgan fingerprint density at radius 1 is 1.26 bits per heavy atom. The Morgan fingerprint density at radius 2 is 2.00 bits per heavy atom. The van der Waals surface area contributed by atoms with E-state index in [9.17, 15) is 14.9 Å². The third kappa shape index (κ3) is 3.89. The minimum atomic E-state index is -0.488. The van der Waals surface area contributed by atoms with E-state index >= 15 is 0 Å². The Morgan fingerprint density at radius 3 is 2.70 bits per heavy atom. The molecule has 4 rings (SSSR count). The Balaban J connectivity index is 1.33. The van der Waals surface area contributed by atoms with Crippen LogP contribution < -0.4 is 5.32 Å². The number of benzene rings is 1. The maximum atomic E-state index is 12.9. The third-order valence-electron chi connectivity index (χ3n) is 5.70. The van der Waals surface area contributed by atoms with Crippen molar-refractivity contribution in [2.45, 2.75) is 43.0 Å². The summed E-state index contributed by atoms with van der Waals surface area (Å²) in [5, 5.41) is 12.1. The van der Waals surface area contributed by atoms with Gasteiger partial charge in [0, 0.05) is 18.1 Å². The molecule has 1 unspecified atom stereocenters. The number of hydrogen-bond donors (Lipinski definition) is 1. The smallest absolute Gasteiger partial charge is 0.243 e. The van der Waals surface area contributed by atoms with Gasteiger partial charge in [-0.1, -0.05) is 24.3 Å². The molecule has 1 aliphatic carbocycles. The minimum Gasteiger partial charge on any atom is -0.315 e. The van der Waals surface area contributed by atoms with Crippen LogP contribution in [0.1, 0.15) is 24.0 Å². The highest BCUT2D eigenvalue weighted by atomic mass is 32.2. The Labute approximate surface area is 168 Å². The number of thioether (sulfide) groups is 2. The van der Waals surface area contributed by atoms with Gasteiger partial charge in [0.05, 0.1) is 17.2 Å². The molecule has 7 heteroatoms. The van der Waals surface area contributed by atoms with Crippen molar-refractivity contribution >= 4 is 35.2 Å². The Kier molecular flexibility index (Phi) is 5.76.